The Morgan fingerprint density at radius 3 is 2.53 bits per heavy atom. The Balaban J connectivity index is 1.35. The van der Waals surface area contributed by atoms with Gasteiger partial charge < -0.3 is 9.88 Å². The summed E-state index contributed by atoms with van der Waals surface area (Å²) < 4.78 is 14.7. The largest absolute Gasteiger partial charge is 0.342 e. The second kappa shape index (κ2) is 7.62. The standard InChI is InChI=1S/C21H23FN6O2/c22-16-6-4-13(5-7-16)12-28-19-17(25-26-28)20(29)24-18(23-19)14-8-10-27(11-9-14)21(30)15-2-1-3-15/h4-7,14-15H,1-3,8-12H2,(H,23,24,29). The van der Waals surface area contributed by atoms with E-state index in [0.29, 0.717) is 31.1 Å². The molecule has 1 saturated carbocycles. The van der Waals surface area contributed by atoms with Gasteiger partial charge in [-0.2, -0.15) is 0 Å². The van der Waals surface area contributed by atoms with Crippen molar-refractivity contribution in [3.63, 3.8) is 0 Å². The predicted molar refractivity (Wildman–Crippen MR) is 107 cm³/mol. The van der Waals surface area contributed by atoms with Crippen molar-refractivity contribution < 1.29 is 9.18 Å². The number of nitrogens with zero attached hydrogens (tertiary/aromatic N) is 5. The van der Waals surface area contributed by atoms with E-state index in [4.69, 9.17) is 0 Å². The van der Waals surface area contributed by atoms with Gasteiger partial charge in [-0.25, -0.2) is 14.1 Å². The molecule has 8 nitrogen and oxygen atoms in total. The average Bonchev–Trinajstić information content (AvgIpc) is 3.12. The van der Waals surface area contributed by atoms with Gasteiger partial charge in [-0.3, -0.25) is 9.59 Å². The van der Waals surface area contributed by atoms with Crippen molar-refractivity contribution in [3.05, 3.63) is 51.8 Å². The van der Waals surface area contributed by atoms with Crippen LogP contribution in [-0.2, 0) is 11.3 Å². The molecule has 9 heteroatoms. The molecule has 2 aliphatic rings. The maximum absolute atomic E-state index is 13.2. The summed E-state index contributed by atoms with van der Waals surface area (Å²) in [6.07, 6.45) is 4.71. The maximum atomic E-state index is 13.2. The zero-order valence-electron chi connectivity index (χ0n) is 16.6. The topological polar surface area (TPSA) is 96.8 Å². The first-order valence-corrected chi connectivity index (χ1v) is 10.4. The Labute approximate surface area is 172 Å². The number of carbonyl (C=O) groups excluding carboxylic acids is 1. The molecule has 1 aliphatic carbocycles. The first kappa shape index (κ1) is 18.9. The molecule has 0 unspecified atom stereocenters. The molecule has 30 heavy (non-hydrogen) atoms. The fraction of sp³-hybridized carbons (Fsp3) is 0.476. The number of amides is 1. The number of hydrogen-bond donors (Lipinski definition) is 1. The van der Waals surface area contributed by atoms with Crippen LogP contribution in [0, 0.1) is 11.7 Å². The third kappa shape index (κ3) is 3.48. The Morgan fingerprint density at radius 2 is 1.87 bits per heavy atom. The number of aromatic amines is 1. The van der Waals surface area contributed by atoms with Gasteiger partial charge >= 0.3 is 0 Å². The van der Waals surface area contributed by atoms with Crippen LogP contribution in [0.3, 0.4) is 0 Å². The summed E-state index contributed by atoms with van der Waals surface area (Å²) in [4.78, 5) is 34.5. The third-order valence-electron chi connectivity index (χ3n) is 6.29. The van der Waals surface area contributed by atoms with Crippen molar-refractivity contribution in [1.82, 2.24) is 29.9 Å². The number of carbonyl (C=O) groups is 1. The van der Waals surface area contributed by atoms with Crippen LogP contribution in [-0.4, -0.2) is 48.9 Å². The number of fused-ring (bicyclic) bond motifs is 1. The van der Waals surface area contributed by atoms with E-state index in [-0.39, 0.29) is 34.6 Å². The van der Waals surface area contributed by atoms with E-state index in [1.165, 1.54) is 12.1 Å². The second-order valence-electron chi connectivity index (χ2n) is 8.22. The molecule has 3 heterocycles. The van der Waals surface area contributed by atoms with Gasteiger partial charge in [0.25, 0.3) is 5.56 Å². The number of H-pyrrole nitrogens is 1. The molecule has 0 bridgehead atoms. The smallest absolute Gasteiger partial charge is 0.281 e. The van der Waals surface area contributed by atoms with E-state index in [1.54, 1.807) is 16.8 Å². The molecule has 2 aromatic heterocycles. The lowest BCUT2D eigenvalue weighted by molar-refractivity contribution is -0.139. The molecule has 1 aliphatic heterocycles. The lowest BCUT2D eigenvalue weighted by Gasteiger charge is -2.36. The molecule has 0 atom stereocenters. The van der Waals surface area contributed by atoms with Crippen LogP contribution in [0.4, 0.5) is 4.39 Å². The molecule has 1 amide bonds. The molecule has 1 N–H and O–H groups in total. The summed E-state index contributed by atoms with van der Waals surface area (Å²) in [6, 6.07) is 6.12. The van der Waals surface area contributed by atoms with Crippen molar-refractivity contribution in [3.8, 4) is 0 Å². The van der Waals surface area contributed by atoms with Crippen LogP contribution >= 0.6 is 0 Å². The van der Waals surface area contributed by atoms with Gasteiger partial charge in [-0.1, -0.05) is 23.8 Å². The van der Waals surface area contributed by atoms with E-state index < -0.39 is 0 Å². The highest BCUT2D eigenvalue weighted by Gasteiger charge is 2.32. The van der Waals surface area contributed by atoms with Crippen LogP contribution in [0.5, 0.6) is 0 Å². The van der Waals surface area contributed by atoms with Crippen LogP contribution < -0.4 is 5.56 Å². The molecule has 3 aromatic rings. The number of hydrogen-bond acceptors (Lipinski definition) is 5. The zero-order chi connectivity index (χ0) is 20.7. The van der Waals surface area contributed by atoms with Crippen LogP contribution in [0.2, 0.25) is 0 Å². The summed E-state index contributed by atoms with van der Waals surface area (Å²) in [5, 5.41) is 8.04. The fourth-order valence-electron chi connectivity index (χ4n) is 4.23. The predicted octanol–water partition coefficient (Wildman–Crippen LogP) is 2.21. The van der Waals surface area contributed by atoms with E-state index in [9.17, 15) is 14.0 Å². The Morgan fingerprint density at radius 1 is 1.13 bits per heavy atom. The van der Waals surface area contributed by atoms with Gasteiger partial charge in [0.15, 0.2) is 11.2 Å². The molecule has 5 rings (SSSR count). The van der Waals surface area contributed by atoms with Gasteiger partial charge in [0, 0.05) is 24.9 Å². The number of nitrogens with one attached hydrogen (secondary N) is 1. The van der Waals surface area contributed by atoms with E-state index in [2.05, 4.69) is 20.3 Å². The van der Waals surface area contributed by atoms with Crippen LogP contribution in [0.1, 0.15) is 49.4 Å². The summed E-state index contributed by atoms with van der Waals surface area (Å²) in [6.45, 7) is 1.73. The third-order valence-corrected chi connectivity index (χ3v) is 6.29. The highest BCUT2D eigenvalue weighted by Crippen LogP contribution is 2.31. The van der Waals surface area contributed by atoms with E-state index in [0.717, 1.165) is 37.7 Å². The van der Waals surface area contributed by atoms with E-state index in [1.807, 2.05) is 4.90 Å². The minimum absolute atomic E-state index is 0.0849. The lowest BCUT2D eigenvalue weighted by Crippen LogP contribution is -2.43. The van der Waals surface area contributed by atoms with Gasteiger partial charge in [-0.05, 0) is 43.4 Å². The number of rotatable bonds is 4. The molecule has 0 spiro atoms. The summed E-state index contributed by atoms with van der Waals surface area (Å²) in [7, 11) is 0. The van der Waals surface area contributed by atoms with Gasteiger partial charge in [0.05, 0.1) is 6.54 Å². The zero-order valence-corrected chi connectivity index (χ0v) is 16.6. The van der Waals surface area contributed by atoms with Gasteiger partial charge in [-0.15, -0.1) is 5.10 Å². The quantitative estimate of drug-likeness (QED) is 0.711. The van der Waals surface area contributed by atoms with Crippen molar-refractivity contribution in [1.29, 1.82) is 0 Å². The van der Waals surface area contributed by atoms with Crippen LogP contribution in [0.25, 0.3) is 11.2 Å². The molecular weight excluding hydrogens is 387 g/mol. The molecule has 1 aromatic carbocycles. The van der Waals surface area contributed by atoms with Crippen molar-refractivity contribution in [2.75, 3.05) is 13.1 Å². The number of halogens is 1. The SMILES string of the molecule is O=C(C1CCC1)N1CCC(c2nc3c(nnn3Cc3ccc(F)cc3)c(=O)[nH]2)CC1. The molecular formula is C21H23FN6O2. The van der Waals surface area contributed by atoms with Crippen molar-refractivity contribution in [2.24, 2.45) is 5.92 Å². The number of aromatic nitrogens is 5. The molecule has 1 saturated heterocycles. The Bertz CT molecular complexity index is 1130. The highest BCUT2D eigenvalue weighted by molar-refractivity contribution is 5.79. The Kier molecular flexibility index (Phi) is 4.80. The second-order valence-corrected chi connectivity index (χ2v) is 8.22. The summed E-state index contributed by atoms with van der Waals surface area (Å²) >= 11 is 0. The first-order valence-electron chi connectivity index (χ1n) is 10.4. The summed E-state index contributed by atoms with van der Waals surface area (Å²) in [5.74, 6) is 0.884. The lowest BCUT2D eigenvalue weighted by atomic mass is 9.83. The normalized spacial score (nSPS) is 18.0. The van der Waals surface area contributed by atoms with Crippen molar-refractivity contribution >= 4 is 17.1 Å². The average molecular weight is 410 g/mol. The first-order chi connectivity index (χ1) is 14.6. The monoisotopic (exact) mass is 410 g/mol. The van der Waals surface area contributed by atoms with Crippen molar-refractivity contribution in [2.45, 2.75) is 44.6 Å². The van der Waals surface area contributed by atoms with Gasteiger partial charge in [0.2, 0.25) is 5.91 Å². The van der Waals surface area contributed by atoms with Crippen LogP contribution in [0.15, 0.2) is 29.1 Å². The molecule has 0 radical (unpaired) electrons. The minimum Gasteiger partial charge on any atom is -0.342 e. The molecule has 156 valence electrons. The highest BCUT2D eigenvalue weighted by atomic mass is 19.1. The Hall–Kier alpha value is -3.10. The number of likely N-dealkylation sites (tertiary alicyclic amines) is 1. The molecule has 2 fully saturated rings. The van der Waals surface area contributed by atoms with E-state index >= 15 is 0 Å². The number of benzene rings is 1. The maximum Gasteiger partial charge on any atom is 0.281 e. The fourth-order valence-corrected chi connectivity index (χ4v) is 4.23. The van der Waals surface area contributed by atoms with Gasteiger partial charge in [0.1, 0.15) is 11.6 Å². The summed E-state index contributed by atoms with van der Waals surface area (Å²) in [5.41, 5.74) is 1.15. The minimum atomic E-state index is -0.312. The number of piperidine rings is 1.